The second kappa shape index (κ2) is 8.31. The Bertz CT molecular complexity index is 958. The summed E-state index contributed by atoms with van der Waals surface area (Å²) in [6.45, 7) is 4.87. The summed E-state index contributed by atoms with van der Waals surface area (Å²) in [7, 11) is 0. The van der Waals surface area contributed by atoms with Crippen LogP contribution < -0.4 is 5.32 Å². The highest BCUT2D eigenvalue weighted by atomic mass is 16.1. The zero-order valence-corrected chi connectivity index (χ0v) is 16.0. The fraction of sp³-hybridized carbons (Fsp3) is 0.261. The van der Waals surface area contributed by atoms with Crippen LogP contribution in [0, 0.1) is 0 Å². The highest BCUT2D eigenvalue weighted by Crippen LogP contribution is 2.19. The molecule has 0 bridgehead atoms. The molecule has 0 fully saturated rings. The number of nitrogens with one attached hydrogen (secondary N) is 1. The first kappa shape index (κ1) is 18.3. The Morgan fingerprint density at radius 3 is 2.82 bits per heavy atom. The summed E-state index contributed by atoms with van der Waals surface area (Å²) in [4.78, 5) is 23.5. The molecule has 3 aromatic rings. The first-order chi connectivity index (χ1) is 13.7. The monoisotopic (exact) mass is 372 g/mol. The van der Waals surface area contributed by atoms with Gasteiger partial charge < -0.3 is 5.32 Å². The Kier molecular flexibility index (Phi) is 5.44. The normalized spacial score (nSPS) is 14.9. The van der Waals surface area contributed by atoms with Gasteiger partial charge in [-0.3, -0.25) is 19.7 Å². The zero-order chi connectivity index (χ0) is 19.3. The highest BCUT2D eigenvalue weighted by Gasteiger charge is 2.19. The van der Waals surface area contributed by atoms with Crippen molar-refractivity contribution in [2.24, 2.45) is 0 Å². The first-order valence-corrected chi connectivity index (χ1v) is 9.65. The molecule has 1 atom stereocenters. The van der Waals surface area contributed by atoms with Crippen molar-refractivity contribution in [1.29, 1.82) is 0 Å². The predicted molar refractivity (Wildman–Crippen MR) is 110 cm³/mol. The minimum atomic E-state index is -0.0596. The smallest absolute Gasteiger partial charge is 0.251 e. The quantitative estimate of drug-likeness (QED) is 0.746. The predicted octanol–water partition coefficient (Wildman–Crippen LogP) is 3.32. The van der Waals surface area contributed by atoms with Gasteiger partial charge >= 0.3 is 0 Å². The zero-order valence-electron chi connectivity index (χ0n) is 16.0. The van der Waals surface area contributed by atoms with E-state index in [1.165, 1.54) is 11.1 Å². The minimum absolute atomic E-state index is 0.0596. The van der Waals surface area contributed by atoms with Crippen molar-refractivity contribution >= 4 is 5.91 Å². The maximum absolute atomic E-state index is 12.7. The lowest BCUT2D eigenvalue weighted by Crippen LogP contribution is -2.43. The van der Waals surface area contributed by atoms with Gasteiger partial charge in [-0.2, -0.15) is 0 Å². The van der Waals surface area contributed by atoms with E-state index in [-0.39, 0.29) is 11.9 Å². The molecule has 0 spiro atoms. The average Bonchev–Trinajstić information content (AvgIpc) is 2.74. The largest absolute Gasteiger partial charge is 0.348 e. The number of amides is 1. The molecule has 1 aliphatic rings. The number of fused-ring (bicyclic) bond motifs is 1. The number of hydrogen-bond acceptors (Lipinski definition) is 4. The maximum atomic E-state index is 12.7. The average molecular weight is 372 g/mol. The van der Waals surface area contributed by atoms with Crippen LogP contribution in [0.5, 0.6) is 0 Å². The molecular formula is C23H24N4O. The number of hydrogen-bond donors (Lipinski definition) is 1. The molecule has 4 rings (SSSR count). The van der Waals surface area contributed by atoms with Crippen LogP contribution in [0.3, 0.4) is 0 Å². The first-order valence-electron chi connectivity index (χ1n) is 9.65. The van der Waals surface area contributed by atoms with Gasteiger partial charge in [0, 0.05) is 49.2 Å². The van der Waals surface area contributed by atoms with Crippen molar-refractivity contribution in [3.05, 3.63) is 83.8 Å². The molecule has 1 amide bonds. The summed E-state index contributed by atoms with van der Waals surface area (Å²) >= 11 is 0. The lowest BCUT2D eigenvalue weighted by Gasteiger charge is -2.31. The third kappa shape index (κ3) is 4.26. The van der Waals surface area contributed by atoms with Gasteiger partial charge in [0.1, 0.15) is 0 Å². The molecule has 0 radical (unpaired) electrons. The van der Waals surface area contributed by atoms with E-state index in [9.17, 15) is 4.79 Å². The molecule has 0 saturated carbocycles. The lowest BCUT2D eigenvalue weighted by atomic mass is 9.99. The molecule has 2 aromatic carbocycles. The van der Waals surface area contributed by atoms with Crippen molar-refractivity contribution in [1.82, 2.24) is 20.2 Å². The molecule has 5 heteroatoms. The summed E-state index contributed by atoms with van der Waals surface area (Å²) in [5, 5.41) is 3.13. The molecule has 0 saturated heterocycles. The van der Waals surface area contributed by atoms with E-state index < -0.39 is 0 Å². The van der Waals surface area contributed by atoms with Gasteiger partial charge in [0.25, 0.3) is 5.91 Å². The SMILES string of the molecule is C[C@H](CN1CCc2ccccc2C1)NC(=O)c1cccc(-c2cnccn2)c1. The van der Waals surface area contributed by atoms with Crippen LogP contribution in [-0.2, 0) is 13.0 Å². The minimum Gasteiger partial charge on any atom is -0.348 e. The van der Waals surface area contributed by atoms with Gasteiger partial charge in [0.05, 0.1) is 11.9 Å². The molecule has 0 unspecified atom stereocenters. The van der Waals surface area contributed by atoms with Crippen molar-refractivity contribution in [2.45, 2.75) is 25.9 Å². The second-order valence-corrected chi connectivity index (χ2v) is 7.30. The molecule has 2 heterocycles. The van der Waals surface area contributed by atoms with Gasteiger partial charge in [-0.1, -0.05) is 36.4 Å². The topological polar surface area (TPSA) is 58.1 Å². The van der Waals surface area contributed by atoms with Crippen molar-refractivity contribution in [2.75, 3.05) is 13.1 Å². The van der Waals surface area contributed by atoms with Crippen LogP contribution in [0.4, 0.5) is 0 Å². The number of benzene rings is 2. The molecule has 5 nitrogen and oxygen atoms in total. The Labute approximate surface area is 165 Å². The van der Waals surface area contributed by atoms with E-state index in [0.717, 1.165) is 37.3 Å². The van der Waals surface area contributed by atoms with E-state index in [2.05, 4.69) is 51.4 Å². The van der Waals surface area contributed by atoms with Crippen molar-refractivity contribution in [3.8, 4) is 11.3 Å². The highest BCUT2D eigenvalue weighted by molar-refractivity contribution is 5.95. The van der Waals surface area contributed by atoms with E-state index in [0.29, 0.717) is 5.56 Å². The van der Waals surface area contributed by atoms with Gasteiger partial charge in [0.15, 0.2) is 0 Å². The molecule has 142 valence electrons. The third-order valence-corrected chi connectivity index (χ3v) is 5.10. The summed E-state index contributed by atoms with van der Waals surface area (Å²) in [5.74, 6) is -0.0596. The van der Waals surface area contributed by atoms with Crippen LogP contribution in [0.1, 0.15) is 28.4 Å². The number of rotatable bonds is 5. The van der Waals surface area contributed by atoms with E-state index in [4.69, 9.17) is 0 Å². The number of carbonyl (C=O) groups excluding carboxylic acids is 1. The molecule has 1 N–H and O–H groups in total. The maximum Gasteiger partial charge on any atom is 0.251 e. The Balaban J connectivity index is 1.37. The molecule has 1 aromatic heterocycles. The van der Waals surface area contributed by atoms with Crippen molar-refractivity contribution < 1.29 is 4.79 Å². The number of nitrogens with zero attached hydrogens (tertiary/aromatic N) is 3. The van der Waals surface area contributed by atoms with Crippen molar-refractivity contribution in [3.63, 3.8) is 0 Å². The van der Waals surface area contributed by atoms with Crippen LogP contribution in [0.2, 0.25) is 0 Å². The Morgan fingerprint density at radius 2 is 2.00 bits per heavy atom. The van der Waals surface area contributed by atoms with E-state index in [1.54, 1.807) is 18.6 Å². The molecule has 28 heavy (non-hydrogen) atoms. The second-order valence-electron chi connectivity index (χ2n) is 7.30. The Morgan fingerprint density at radius 1 is 1.14 bits per heavy atom. The fourth-order valence-electron chi connectivity index (χ4n) is 3.72. The number of carbonyl (C=O) groups is 1. The van der Waals surface area contributed by atoms with Gasteiger partial charge in [-0.05, 0) is 36.6 Å². The van der Waals surface area contributed by atoms with Crippen LogP contribution in [-0.4, -0.2) is 39.9 Å². The third-order valence-electron chi connectivity index (χ3n) is 5.10. The number of aromatic nitrogens is 2. The standard InChI is InChI=1S/C23H24N4O/c1-17(15-27-12-9-18-5-2-3-6-21(18)16-27)26-23(28)20-8-4-7-19(13-20)22-14-24-10-11-25-22/h2-8,10-11,13-14,17H,9,12,15-16H2,1H3,(H,26,28)/t17-/m1/s1. The Hall–Kier alpha value is -3.05. The van der Waals surface area contributed by atoms with E-state index in [1.807, 2.05) is 24.3 Å². The van der Waals surface area contributed by atoms with Crippen LogP contribution in [0.25, 0.3) is 11.3 Å². The summed E-state index contributed by atoms with van der Waals surface area (Å²) in [6.07, 6.45) is 6.06. The fourth-order valence-corrected chi connectivity index (χ4v) is 3.72. The van der Waals surface area contributed by atoms with Gasteiger partial charge in [-0.15, -0.1) is 0 Å². The summed E-state index contributed by atoms with van der Waals surface area (Å²) in [6, 6.07) is 16.2. The van der Waals surface area contributed by atoms with Gasteiger partial charge in [0.2, 0.25) is 0 Å². The van der Waals surface area contributed by atoms with Crippen LogP contribution >= 0.6 is 0 Å². The summed E-state index contributed by atoms with van der Waals surface area (Å²) in [5.41, 5.74) is 5.12. The lowest BCUT2D eigenvalue weighted by molar-refractivity contribution is 0.0927. The summed E-state index contributed by atoms with van der Waals surface area (Å²) < 4.78 is 0. The molecule has 1 aliphatic heterocycles. The van der Waals surface area contributed by atoms with E-state index >= 15 is 0 Å². The van der Waals surface area contributed by atoms with Gasteiger partial charge in [-0.25, -0.2) is 0 Å². The van der Waals surface area contributed by atoms with Crippen LogP contribution in [0.15, 0.2) is 67.1 Å². The molecule has 0 aliphatic carbocycles. The molecular weight excluding hydrogens is 348 g/mol.